The summed E-state index contributed by atoms with van der Waals surface area (Å²) in [5.74, 6) is 1.10. The number of nitrogens with one attached hydrogen (secondary N) is 1. The van der Waals surface area contributed by atoms with Crippen LogP contribution in [-0.2, 0) is 17.8 Å². The van der Waals surface area contributed by atoms with Crippen LogP contribution in [0.15, 0.2) is 48.5 Å². The Kier molecular flexibility index (Phi) is 4.11. The Morgan fingerprint density at radius 3 is 2.96 bits per heavy atom. The second-order valence-electron chi connectivity index (χ2n) is 6.45. The fraction of sp³-hybridized carbons (Fsp3) is 0.350. The van der Waals surface area contributed by atoms with Gasteiger partial charge in [-0.15, -0.1) is 0 Å². The molecular formula is C20H22N2O2. The molecule has 1 saturated heterocycles. The van der Waals surface area contributed by atoms with E-state index < -0.39 is 0 Å². The van der Waals surface area contributed by atoms with Crippen LogP contribution in [-0.4, -0.2) is 25.1 Å². The predicted octanol–water partition coefficient (Wildman–Crippen LogP) is 2.91. The van der Waals surface area contributed by atoms with Crippen LogP contribution in [0.1, 0.15) is 24.0 Å². The van der Waals surface area contributed by atoms with Crippen molar-refractivity contribution in [2.75, 3.05) is 18.1 Å². The van der Waals surface area contributed by atoms with E-state index in [1.807, 2.05) is 30.3 Å². The van der Waals surface area contributed by atoms with Crippen molar-refractivity contribution in [2.45, 2.75) is 31.8 Å². The fourth-order valence-electron chi connectivity index (χ4n) is 3.62. The van der Waals surface area contributed by atoms with Crippen LogP contribution < -0.4 is 15.0 Å². The molecule has 0 saturated carbocycles. The Labute approximate surface area is 142 Å². The van der Waals surface area contributed by atoms with Crippen molar-refractivity contribution in [3.8, 4) is 5.75 Å². The molecule has 0 aliphatic carbocycles. The van der Waals surface area contributed by atoms with E-state index >= 15 is 0 Å². The van der Waals surface area contributed by atoms with Gasteiger partial charge in [-0.05, 0) is 42.2 Å². The van der Waals surface area contributed by atoms with Gasteiger partial charge in [-0.25, -0.2) is 0 Å². The molecule has 1 atom stereocenters. The number of nitrogens with zero attached hydrogens (tertiary/aromatic N) is 1. The third-order valence-electron chi connectivity index (χ3n) is 4.86. The van der Waals surface area contributed by atoms with Crippen molar-refractivity contribution in [3.05, 3.63) is 59.7 Å². The lowest BCUT2D eigenvalue weighted by Crippen LogP contribution is -2.43. The highest BCUT2D eigenvalue weighted by atomic mass is 16.5. The van der Waals surface area contributed by atoms with Gasteiger partial charge in [0.15, 0.2) is 0 Å². The Morgan fingerprint density at radius 1 is 1.21 bits per heavy atom. The van der Waals surface area contributed by atoms with Crippen LogP contribution in [0.4, 0.5) is 5.69 Å². The summed E-state index contributed by atoms with van der Waals surface area (Å²) in [7, 11) is 0. The summed E-state index contributed by atoms with van der Waals surface area (Å²) in [6, 6.07) is 16.3. The summed E-state index contributed by atoms with van der Waals surface area (Å²) in [6.07, 6.45) is 2.93. The van der Waals surface area contributed by atoms with Gasteiger partial charge in [-0.1, -0.05) is 30.3 Å². The first-order chi connectivity index (χ1) is 11.8. The Bertz CT molecular complexity index is 730. The van der Waals surface area contributed by atoms with Crippen molar-refractivity contribution in [1.82, 2.24) is 5.32 Å². The average molecular weight is 322 g/mol. The Morgan fingerprint density at radius 2 is 2.08 bits per heavy atom. The number of carbonyl (C=O) groups is 1. The van der Waals surface area contributed by atoms with Crippen molar-refractivity contribution in [1.29, 1.82) is 0 Å². The lowest BCUT2D eigenvalue weighted by atomic mass is 10.1. The number of amides is 1. The first kappa shape index (κ1) is 15.1. The van der Waals surface area contributed by atoms with Gasteiger partial charge in [-0.3, -0.25) is 4.79 Å². The minimum Gasteiger partial charge on any atom is -0.493 e. The molecule has 0 aromatic heterocycles. The Balaban J connectivity index is 1.40. The van der Waals surface area contributed by atoms with E-state index in [0.717, 1.165) is 49.4 Å². The third kappa shape index (κ3) is 2.96. The number of hydrogen-bond acceptors (Lipinski definition) is 3. The first-order valence-corrected chi connectivity index (χ1v) is 8.65. The molecule has 2 aliphatic rings. The van der Waals surface area contributed by atoms with Gasteiger partial charge in [0.1, 0.15) is 11.8 Å². The summed E-state index contributed by atoms with van der Waals surface area (Å²) >= 11 is 0. The van der Waals surface area contributed by atoms with Crippen LogP contribution in [0.2, 0.25) is 0 Å². The maximum Gasteiger partial charge on any atom is 0.242 e. The maximum absolute atomic E-state index is 12.7. The molecule has 2 heterocycles. The van der Waals surface area contributed by atoms with Gasteiger partial charge in [0, 0.05) is 25.2 Å². The molecule has 2 aromatic rings. The lowest BCUT2D eigenvalue weighted by Gasteiger charge is -2.26. The van der Waals surface area contributed by atoms with Gasteiger partial charge < -0.3 is 15.0 Å². The lowest BCUT2D eigenvalue weighted by molar-refractivity contribution is -0.122. The van der Waals surface area contributed by atoms with E-state index in [0.29, 0.717) is 6.54 Å². The summed E-state index contributed by atoms with van der Waals surface area (Å²) in [4.78, 5) is 14.9. The third-order valence-corrected chi connectivity index (χ3v) is 4.86. The highest BCUT2D eigenvalue weighted by molar-refractivity contribution is 5.85. The molecular weight excluding hydrogens is 300 g/mol. The molecule has 24 heavy (non-hydrogen) atoms. The monoisotopic (exact) mass is 322 g/mol. The summed E-state index contributed by atoms with van der Waals surface area (Å²) in [5, 5.41) is 3.11. The molecule has 0 bridgehead atoms. The molecule has 124 valence electrons. The van der Waals surface area contributed by atoms with Gasteiger partial charge in [0.05, 0.1) is 6.61 Å². The van der Waals surface area contributed by atoms with Crippen LogP contribution in [0.3, 0.4) is 0 Å². The van der Waals surface area contributed by atoms with Crippen molar-refractivity contribution >= 4 is 11.6 Å². The maximum atomic E-state index is 12.7. The number of anilines is 1. The summed E-state index contributed by atoms with van der Waals surface area (Å²) < 4.78 is 5.53. The highest BCUT2D eigenvalue weighted by Crippen LogP contribution is 2.27. The normalized spacial score (nSPS) is 19.0. The van der Waals surface area contributed by atoms with Gasteiger partial charge in [0.2, 0.25) is 5.91 Å². The molecule has 2 aliphatic heterocycles. The molecule has 4 rings (SSSR count). The minimum atomic E-state index is -0.0647. The molecule has 4 heteroatoms. The second kappa shape index (κ2) is 6.56. The first-order valence-electron chi connectivity index (χ1n) is 8.65. The number of para-hydroxylation sites is 1. The van der Waals surface area contributed by atoms with E-state index in [9.17, 15) is 4.79 Å². The SMILES string of the molecule is O=C(NCc1ccc2c(c1)CCO2)C1CCCN1c1ccccc1. The fourth-order valence-corrected chi connectivity index (χ4v) is 3.62. The molecule has 4 nitrogen and oxygen atoms in total. The zero-order valence-corrected chi connectivity index (χ0v) is 13.7. The number of benzene rings is 2. The van der Waals surface area contributed by atoms with Gasteiger partial charge in [0.25, 0.3) is 0 Å². The topological polar surface area (TPSA) is 41.6 Å². The standard InChI is InChI=1S/C20H22N2O2/c23-20(18-7-4-11-22(18)17-5-2-1-3-6-17)21-14-15-8-9-19-16(13-15)10-12-24-19/h1-3,5-6,8-9,13,18H,4,7,10-12,14H2,(H,21,23). The molecule has 0 spiro atoms. The number of fused-ring (bicyclic) bond motifs is 1. The molecule has 1 N–H and O–H groups in total. The number of carbonyl (C=O) groups excluding carboxylic acids is 1. The van der Waals surface area contributed by atoms with E-state index in [1.165, 1.54) is 5.56 Å². The number of ether oxygens (including phenoxy) is 1. The Hall–Kier alpha value is -2.49. The molecule has 1 unspecified atom stereocenters. The van der Waals surface area contributed by atoms with Crippen molar-refractivity contribution in [2.24, 2.45) is 0 Å². The van der Waals surface area contributed by atoms with Gasteiger partial charge >= 0.3 is 0 Å². The zero-order valence-electron chi connectivity index (χ0n) is 13.7. The molecule has 2 aromatic carbocycles. The average Bonchev–Trinajstić information content (AvgIpc) is 3.29. The largest absolute Gasteiger partial charge is 0.493 e. The van der Waals surface area contributed by atoms with E-state index in [-0.39, 0.29) is 11.9 Å². The van der Waals surface area contributed by atoms with E-state index in [2.05, 4.69) is 28.4 Å². The second-order valence-corrected chi connectivity index (χ2v) is 6.45. The minimum absolute atomic E-state index is 0.0647. The van der Waals surface area contributed by atoms with Crippen LogP contribution in [0.25, 0.3) is 0 Å². The van der Waals surface area contributed by atoms with Gasteiger partial charge in [-0.2, -0.15) is 0 Å². The number of rotatable bonds is 4. The highest BCUT2D eigenvalue weighted by Gasteiger charge is 2.30. The summed E-state index contributed by atoms with van der Waals surface area (Å²) in [5.41, 5.74) is 3.51. The molecule has 1 amide bonds. The smallest absolute Gasteiger partial charge is 0.242 e. The van der Waals surface area contributed by atoms with E-state index in [1.54, 1.807) is 0 Å². The van der Waals surface area contributed by atoms with Crippen LogP contribution >= 0.6 is 0 Å². The van der Waals surface area contributed by atoms with E-state index in [4.69, 9.17) is 4.74 Å². The zero-order chi connectivity index (χ0) is 16.4. The predicted molar refractivity (Wildman–Crippen MR) is 94.3 cm³/mol. The molecule has 0 radical (unpaired) electrons. The quantitative estimate of drug-likeness (QED) is 0.941. The van der Waals surface area contributed by atoms with Crippen LogP contribution in [0.5, 0.6) is 5.75 Å². The summed E-state index contributed by atoms with van der Waals surface area (Å²) in [6.45, 7) is 2.28. The van der Waals surface area contributed by atoms with Crippen LogP contribution in [0, 0.1) is 0 Å². The van der Waals surface area contributed by atoms with Crippen molar-refractivity contribution < 1.29 is 9.53 Å². The van der Waals surface area contributed by atoms with Crippen molar-refractivity contribution in [3.63, 3.8) is 0 Å². The number of hydrogen-bond donors (Lipinski definition) is 1. The molecule has 1 fully saturated rings.